The van der Waals surface area contributed by atoms with Crippen LogP contribution in [0.25, 0.3) is 0 Å². The fraction of sp³-hybridized carbons (Fsp3) is 0.636. The molecule has 3 N–H and O–H groups in total. The van der Waals surface area contributed by atoms with E-state index in [1.807, 2.05) is 39.8 Å². The van der Waals surface area contributed by atoms with E-state index in [4.69, 9.17) is 9.47 Å². The molecule has 3 amide bonds. The third-order valence-electron chi connectivity index (χ3n) is 5.41. The first kappa shape index (κ1) is 23.0. The van der Waals surface area contributed by atoms with Gasteiger partial charge in [-0.25, -0.2) is 4.79 Å². The number of carbonyl (C=O) groups is 2. The van der Waals surface area contributed by atoms with Crippen molar-refractivity contribution in [2.75, 3.05) is 26.9 Å². The molecule has 0 aliphatic carbocycles. The summed E-state index contributed by atoms with van der Waals surface area (Å²) in [7, 11) is 1.64. The van der Waals surface area contributed by atoms with E-state index >= 15 is 0 Å². The van der Waals surface area contributed by atoms with Gasteiger partial charge in [-0.05, 0) is 50.3 Å². The Bertz CT molecular complexity index is 667. The maximum absolute atomic E-state index is 12.6. The smallest absolute Gasteiger partial charge is 0.315 e. The molecular weight excluding hydrogens is 370 g/mol. The standard InChI is InChI=1S/C22H35N3O4/c1-15(2)19(20(26)24-16(3)4)25-21(27)23-14-22(10-12-29-13-11-22)17-6-8-18(28-5)9-7-17/h6-9,15-16,19H,10-14H2,1-5H3,(H,24,26)(H2,23,25,27)/t19-/m0/s1. The number of amides is 3. The van der Waals surface area contributed by atoms with Gasteiger partial charge in [0.1, 0.15) is 11.8 Å². The summed E-state index contributed by atoms with van der Waals surface area (Å²) in [6.45, 7) is 9.43. The Morgan fingerprint density at radius 2 is 1.69 bits per heavy atom. The summed E-state index contributed by atoms with van der Waals surface area (Å²) in [5.74, 6) is 0.622. The van der Waals surface area contributed by atoms with Crippen molar-refractivity contribution in [1.29, 1.82) is 0 Å². The van der Waals surface area contributed by atoms with E-state index in [1.165, 1.54) is 0 Å². The Morgan fingerprint density at radius 1 is 1.07 bits per heavy atom. The number of hydrogen-bond donors (Lipinski definition) is 3. The summed E-state index contributed by atoms with van der Waals surface area (Å²) < 4.78 is 10.8. The molecule has 0 saturated carbocycles. The molecule has 1 aliphatic heterocycles. The van der Waals surface area contributed by atoms with Gasteiger partial charge in [-0.15, -0.1) is 0 Å². The number of urea groups is 1. The number of ether oxygens (including phenoxy) is 2. The third-order valence-corrected chi connectivity index (χ3v) is 5.41. The quantitative estimate of drug-likeness (QED) is 0.620. The lowest BCUT2D eigenvalue weighted by Crippen LogP contribution is -2.55. The number of benzene rings is 1. The predicted molar refractivity (Wildman–Crippen MR) is 113 cm³/mol. The maximum atomic E-state index is 12.6. The van der Waals surface area contributed by atoms with Gasteiger partial charge >= 0.3 is 6.03 Å². The van der Waals surface area contributed by atoms with Crippen molar-refractivity contribution in [3.8, 4) is 5.75 Å². The topological polar surface area (TPSA) is 88.7 Å². The summed E-state index contributed by atoms with van der Waals surface area (Å²) in [4.78, 5) is 25.0. The van der Waals surface area contributed by atoms with Crippen LogP contribution in [0.4, 0.5) is 4.79 Å². The van der Waals surface area contributed by atoms with Crippen molar-refractivity contribution in [2.24, 2.45) is 5.92 Å². The van der Waals surface area contributed by atoms with Crippen LogP contribution in [-0.4, -0.2) is 50.9 Å². The lowest BCUT2D eigenvalue weighted by molar-refractivity contribution is -0.124. The Kier molecular flexibility index (Phi) is 8.32. The molecule has 2 rings (SSSR count). The molecule has 0 bridgehead atoms. The van der Waals surface area contributed by atoms with Crippen LogP contribution in [0.1, 0.15) is 46.1 Å². The van der Waals surface area contributed by atoms with Crippen molar-refractivity contribution in [1.82, 2.24) is 16.0 Å². The van der Waals surface area contributed by atoms with E-state index in [0.29, 0.717) is 19.8 Å². The summed E-state index contributed by atoms with van der Waals surface area (Å²) in [6, 6.07) is 7.10. The molecule has 0 unspecified atom stereocenters. The molecule has 1 aromatic rings. The first-order valence-electron chi connectivity index (χ1n) is 10.3. The fourth-order valence-corrected chi connectivity index (χ4v) is 3.63. The number of carbonyl (C=O) groups excluding carboxylic acids is 2. The monoisotopic (exact) mass is 405 g/mol. The molecule has 162 valence electrons. The molecule has 0 aromatic heterocycles. The first-order chi connectivity index (χ1) is 13.8. The SMILES string of the molecule is COc1ccc(C2(CNC(=O)N[C@H](C(=O)NC(C)C)C(C)C)CCOCC2)cc1. The average molecular weight is 406 g/mol. The minimum atomic E-state index is -0.580. The first-order valence-corrected chi connectivity index (χ1v) is 10.3. The van der Waals surface area contributed by atoms with E-state index in [9.17, 15) is 9.59 Å². The van der Waals surface area contributed by atoms with E-state index in [1.54, 1.807) is 7.11 Å². The Balaban J connectivity index is 2.06. The number of nitrogens with one attached hydrogen (secondary N) is 3. The highest BCUT2D eigenvalue weighted by Gasteiger charge is 2.35. The molecule has 1 heterocycles. The van der Waals surface area contributed by atoms with Gasteiger partial charge in [-0.3, -0.25) is 4.79 Å². The van der Waals surface area contributed by atoms with Gasteiger partial charge in [-0.1, -0.05) is 26.0 Å². The van der Waals surface area contributed by atoms with Gasteiger partial charge in [0.15, 0.2) is 0 Å². The molecule has 1 atom stereocenters. The molecule has 1 fully saturated rings. The largest absolute Gasteiger partial charge is 0.497 e. The van der Waals surface area contributed by atoms with Crippen molar-refractivity contribution in [2.45, 2.75) is 58.0 Å². The zero-order valence-corrected chi connectivity index (χ0v) is 18.2. The molecule has 1 aromatic carbocycles. The maximum Gasteiger partial charge on any atom is 0.315 e. The number of hydrogen-bond acceptors (Lipinski definition) is 4. The fourth-order valence-electron chi connectivity index (χ4n) is 3.63. The number of methoxy groups -OCH3 is 1. The van der Waals surface area contributed by atoms with Crippen LogP contribution < -0.4 is 20.7 Å². The van der Waals surface area contributed by atoms with Crippen LogP contribution in [0, 0.1) is 5.92 Å². The Morgan fingerprint density at radius 3 is 2.21 bits per heavy atom. The second-order valence-electron chi connectivity index (χ2n) is 8.33. The molecule has 0 radical (unpaired) electrons. The van der Waals surface area contributed by atoms with E-state index < -0.39 is 6.04 Å². The van der Waals surface area contributed by atoms with Crippen LogP contribution in [0.2, 0.25) is 0 Å². The van der Waals surface area contributed by atoms with Crippen LogP contribution in [0.5, 0.6) is 5.75 Å². The molecule has 7 nitrogen and oxygen atoms in total. The minimum absolute atomic E-state index is 0.0156. The van der Waals surface area contributed by atoms with Gasteiger partial charge in [0.25, 0.3) is 0 Å². The third kappa shape index (κ3) is 6.35. The zero-order chi connectivity index (χ0) is 21.4. The highest BCUT2D eigenvalue weighted by atomic mass is 16.5. The molecule has 29 heavy (non-hydrogen) atoms. The normalized spacial score (nSPS) is 16.9. The number of rotatable bonds is 8. The highest BCUT2D eigenvalue weighted by Crippen LogP contribution is 2.35. The Labute approximate surface area is 173 Å². The Hall–Kier alpha value is -2.28. The lowest BCUT2D eigenvalue weighted by Gasteiger charge is -2.38. The van der Waals surface area contributed by atoms with Gasteiger partial charge in [0.2, 0.25) is 5.91 Å². The summed E-state index contributed by atoms with van der Waals surface area (Å²) in [5, 5.41) is 8.70. The van der Waals surface area contributed by atoms with Gasteiger partial charge in [0, 0.05) is 31.2 Å². The zero-order valence-electron chi connectivity index (χ0n) is 18.2. The molecule has 0 spiro atoms. The predicted octanol–water partition coefficient (Wildman–Crippen LogP) is 2.59. The second-order valence-corrected chi connectivity index (χ2v) is 8.33. The van der Waals surface area contributed by atoms with Crippen LogP contribution in [0.3, 0.4) is 0 Å². The average Bonchev–Trinajstić information content (AvgIpc) is 2.70. The van der Waals surface area contributed by atoms with E-state index in [-0.39, 0.29) is 29.3 Å². The second kappa shape index (κ2) is 10.5. The highest BCUT2D eigenvalue weighted by molar-refractivity contribution is 5.87. The van der Waals surface area contributed by atoms with Crippen LogP contribution in [-0.2, 0) is 14.9 Å². The molecule has 1 saturated heterocycles. The van der Waals surface area contributed by atoms with Gasteiger partial charge in [-0.2, -0.15) is 0 Å². The van der Waals surface area contributed by atoms with Crippen molar-refractivity contribution >= 4 is 11.9 Å². The molecule has 7 heteroatoms. The van der Waals surface area contributed by atoms with Crippen LogP contribution in [0.15, 0.2) is 24.3 Å². The summed E-state index contributed by atoms with van der Waals surface area (Å²) >= 11 is 0. The van der Waals surface area contributed by atoms with Crippen LogP contribution >= 0.6 is 0 Å². The van der Waals surface area contributed by atoms with E-state index in [0.717, 1.165) is 24.2 Å². The molecular formula is C22H35N3O4. The van der Waals surface area contributed by atoms with E-state index in [2.05, 4.69) is 28.1 Å². The van der Waals surface area contributed by atoms with Crippen molar-refractivity contribution in [3.05, 3.63) is 29.8 Å². The summed E-state index contributed by atoms with van der Waals surface area (Å²) in [6.07, 6.45) is 1.64. The molecule has 1 aliphatic rings. The lowest BCUT2D eigenvalue weighted by atomic mass is 9.74. The summed E-state index contributed by atoms with van der Waals surface area (Å²) in [5.41, 5.74) is 0.954. The minimum Gasteiger partial charge on any atom is -0.497 e. The van der Waals surface area contributed by atoms with Crippen molar-refractivity contribution < 1.29 is 19.1 Å². The van der Waals surface area contributed by atoms with Gasteiger partial charge < -0.3 is 25.4 Å². The van der Waals surface area contributed by atoms with Gasteiger partial charge in [0.05, 0.1) is 7.11 Å². The van der Waals surface area contributed by atoms with Crippen molar-refractivity contribution in [3.63, 3.8) is 0 Å².